The number of anilines is 2. The summed E-state index contributed by atoms with van der Waals surface area (Å²) in [5.41, 5.74) is 8.19. The Morgan fingerprint density at radius 2 is 1.66 bits per heavy atom. The second-order valence-electron chi connectivity index (χ2n) is 8.83. The van der Waals surface area contributed by atoms with Crippen LogP contribution in [0.5, 0.6) is 0 Å². The maximum absolute atomic E-state index is 13.2. The van der Waals surface area contributed by atoms with E-state index in [2.05, 4.69) is 76.9 Å². The highest BCUT2D eigenvalue weighted by molar-refractivity contribution is 6.06. The van der Waals surface area contributed by atoms with Crippen LogP contribution < -0.4 is 10.2 Å². The Morgan fingerprint density at radius 3 is 2.31 bits per heavy atom. The molecule has 0 radical (unpaired) electrons. The summed E-state index contributed by atoms with van der Waals surface area (Å²) in [6.45, 7) is 15.8. The van der Waals surface area contributed by atoms with Gasteiger partial charge in [-0.2, -0.15) is 0 Å². The van der Waals surface area contributed by atoms with Crippen molar-refractivity contribution in [1.29, 1.82) is 0 Å². The molecule has 5 heteroatoms. The van der Waals surface area contributed by atoms with E-state index in [1.807, 2.05) is 26.0 Å². The van der Waals surface area contributed by atoms with Gasteiger partial charge in [0, 0.05) is 54.6 Å². The Morgan fingerprint density at radius 1 is 0.906 bits per heavy atom. The van der Waals surface area contributed by atoms with Crippen molar-refractivity contribution in [3.63, 3.8) is 0 Å². The molecule has 1 aliphatic heterocycles. The Hall–Kier alpha value is -3.05. The molecule has 4 rings (SSSR count). The summed E-state index contributed by atoms with van der Waals surface area (Å²) >= 11 is 0. The summed E-state index contributed by atoms with van der Waals surface area (Å²) in [6.07, 6.45) is 0. The van der Waals surface area contributed by atoms with Gasteiger partial charge in [0.05, 0.1) is 5.56 Å². The minimum Gasteiger partial charge on any atom is -0.369 e. The van der Waals surface area contributed by atoms with Crippen molar-refractivity contribution in [2.24, 2.45) is 0 Å². The number of aryl methyl sites for hydroxylation is 3. The number of benzene rings is 2. The van der Waals surface area contributed by atoms with E-state index in [1.165, 1.54) is 11.3 Å². The molecule has 1 N–H and O–H groups in total. The van der Waals surface area contributed by atoms with Crippen LogP contribution in [-0.4, -0.2) is 48.1 Å². The van der Waals surface area contributed by atoms with Gasteiger partial charge in [0.15, 0.2) is 0 Å². The van der Waals surface area contributed by atoms with E-state index in [4.69, 9.17) is 0 Å². The zero-order chi connectivity index (χ0) is 22.8. The van der Waals surface area contributed by atoms with Crippen LogP contribution in [0.15, 0.2) is 48.5 Å². The predicted molar refractivity (Wildman–Crippen MR) is 133 cm³/mol. The van der Waals surface area contributed by atoms with Crippen molar-refractivity contribution in [1.82, 2.24) is 9.47 Å². The largest absolute Gasteiger partial charge is 0.369 e. The van der Waals surface area contributed by atoms with Crippen molar-refractivity contribution in [2.45, 2.75) is 34.6 Å². The number of carbonyl (C=O) groups is 1. The van der Waals surface area contributed by atoms with E-state index in [1.54, 1.807) is 0 Å². The molecule has 2 aromatic carbocycles. The molecule has 1 amide bonds. The Bertz CT molecular complexity index is 1120. The maximum atomic E-state index is 13.2. The van der Waals surface area contributed by atoms with Crippen LogP contribution >= 0.6 is 0 Å². The molecule has 0 saturated carbocycles. The van der Waals surface area contributed by atoms with Crippen LogP contribution in [0.2, 0.25) is 0 Å². The third kappa shape index (κ3) is 4.44. The lowest BCUT2D eigenvalue weighted by Gasteiger charge is -2.35. The molecule has 2 heterocycles. The maximum Gasteiger partial charge on any atom is 0.257 e. The van der Waals surface area contributed by atoms with Gasteiger partial charge >= 0.3 is 0 Å². The first-order chi connectivity index (χ1) is 15.4. The van der Waals surface area contributed by atoms with Crippen LogP contribution in [-0.2, 0) is 0 Å². The summed E-state index contributed by atoms with van der Waals surface area (Å²) in [5, 5.41) is 3.14. The molecule has 1 aliphatic rings. The number of hydrogen-bond acceptors (Lipinski definition) is 3. The number of rotatable bonds is 5. The van der Waals surface area contributed by atoms with Gasteiger partial charge in [-0.05, 0) is 81.8 Å². The molecule has 0 aliphatic carbocycles. The number of piperazine rings is 1. The molecule has 1 saturated heterocycles. The second kappa shape index (κ2) is 9.21. The number of nitrogens with one attached hydrogen (secondary N) is 1. The van der Waals surface area contributed by atoms with Crippen LogP contribution in [0.3, 0.4) is 0 Å². The predicted octanol–water partition coefficient (Wildman–Crippen LogP) is 5.11. The number of hydrogen-bond donors (Lipinski definition) is 1. The highest BCUT2D eigenvalue weighted by Gasteiger charge is 2.19. The minimum atomic E-state index is -0.0654. The molecule has 0 atom stereocenters. The Labute approximate surface area is 191 Å². The van der Waals surface area contributed by atoms with E-state index in [-0.39, 0.29) is 5.91 Å². The number of likely N-dealkylation sites (N-methyl/N-ethyl adjacent to an activating group) is 1. The van der Waals surface area contributed by atoms with Crippen molar-refractivity contribution in [3.05, 3.63) is 76.6 Å². The van der Waals surface area contributed by atoms with Crippen LogP contribution in [0, 0.1) is 27.7 Å². The highest BCUT2D eigenvalue weighted by Crippen LogP contribution is 2.26. The fraction of sp³-hybridized carbons (Fsp3) is 0.370. The van der Waals surface area contributed by atoms with E-state index in [0.29, 0.717) is 5.56 Å². The van der Waals surface area contributed by atoms with Crippen molar-refractivity contribution < 1.29 is 4.79 Å². The van der Waals surface area contributed by atoms with E-state index < -0.39 is 0 Å². The smallest absolute Gasteiger partial charge is 0.257 e. The number of carbonyl (C=O) groups excluding carboxylic acids is 1. The molecule has 5 nitrogen and oxygen atoms in total. The summed E-state index contributed by atoms with van der Waals surface area (Å²) in [4.78, 5) is 18.1. The normalized spacial score (nSPS) is 14.6. The van der Waals surface area contributed by atoms with E-state index >= 15 is 0 Å². The number of amides is 1. The SMILES string of the molecule is CCN1CCN(c2ccc(NC(=O)c3cc(C)n(-c4cccc(C)c4)c3C)c(C)c2)CC1. The number of aromatic nitrogens is 1. The molecular formula is C27H34N4O. The van der Waals surface area contributed by atoms with Gasteiger partial charge in [-0.3, -0.25) is 4.79 Å². The Kier molecular flexibility index (Phi) is 6.38. The van der Waals surface area contributed by atoms with Crippen molar-refractivity contribution in [3.8, 4) is 5.69 Å². The van der Waals surface area contributed by atoms with Gasteiger partial charge in [0.25, 0.3) is 5.91 Å². The monoisotopic (exact) mass is 430 g/mol. The third-order valence-electron chi connectivity index (χ3n) is 6.58. The van der Waals surface area contributed by atoms with Crippen LogP contribution in [0.4, 0.5) is 11.4 Å². The molecule has 32 heavy (non-hydrogen) atoms. The zero-order valence-corrected chi connectivity index (χ0v) is 19.9. The van der Waals surface area contributed by atoms with Gasteiger partial charge in [-0.1, -0.05) is 19.1 Å². The standard InChI is InChI=1S/C27H34N4O/c1-6-29-12-14-30(15-13-29)23-10-11-26(20(3)17-23)28-27(32)25-18-21(4)31(22(25)5)24-9-7-8-19(2)16-24/h7-11,16-18H,6,12-15H2,1-5H3,(H,28,32). The lowest BCUT2D eigenvalue weighted by molar-refractivity contribution is 0.102. The fourth-order valence-electron chi connectivity index (χ4n) is 4.65. The zero-order valence-electron chi connectivity index (χ0n) is 19.9. The second-order valence-corrected chi connectivity index (χ2v) is 8.83. The fourth-order valence-corrected chi connectivity index (χ4v) is 4.65. The molecule has 3 aromatic rings. The molecule has 1 aromatic heterocycles. The molecular weight excluding hydrogens is 396 g/mol. The molecule has 168 valence electrons. The Balaban J connectivity index is 1.52. The number of nitrogens with zero attached hydrogens (tertiary/aromatic N) is 3. The average Bonchev–Trinajstić information content (AvgIpc) is 3.09. The summed E-state index contributed by atoms with van der Waals surface area (Å²) in [5.74, 6) is -0.0654. The average molecular weight is 431 g/mol. The van der Waals surface area contributed by atoms with Gasteiger partial charge < -0.3 is 19.7 Å². The molecule has 1 fully saturated rings. The molecule has 0 bridgehead atoms. The van der Waals surface area contributed by atoms with Gasteiger partial charge in [-0.15, -0.1) is 0 Å². The first-order valence-electron chi connectivity index (χ1n) is 11.5. The minimum absolute atomic E-state index is 0.0654. The summed E-state index contributed by atoms with van der Waals surface area (Å²) in [6, 6.07) is 16.7. The van der Waals surface area contributed by atoms with Crippen LogP contribution in [0.1, 0.15) is 39.8 Å². The highest BCUT2D eigenvalue weighted by atomic mass is 16.1. The van der Waals surface area contributed by atoms with Gasteiger partial charge in [0.2, 0.25) is 0 Å². The topological polar surface area (TPSA) is 40.5 Å². The quantitative estimate of drug-likeness (QED) is 0.612. The van der Waals surface area contributed by atoms with Crippen molar-refractivity contribution in [2.75, 3.05) is 42.9 Å². The van der Waals surface area contributed by atoms with Gasteiger partial charge in [0.1, 0.15) is 0 Å². The first kappa shape index (κ1) is 22.2. The lowest BCUT2D eigenvalue weighted by Crippen LogP contribution is -2.46. The molecule has 0 unspecified atom stereocenters. The lowest BCUT2D eigenvalue weighted by atomic mass is 10.1. The summed E-state index contributed by atoms with van der Waals surface area (Å²) in [7, 11) is 0. The molecule has 0 spiro atoms. The van der Waals surface area contributed by atoms with E-state index in [0.717, 1.165) is 61.0 Å². The third-order valence-corrected chi connectivity index (χ3v) is 6.58. The van der Waals surface area contributed by atoms with Crippen LogP contribution in [0.25, 0.3) is 5.69 Å². The summed E-state index contributed by atoms with van der Waals surface area (Å²) < 4.78 is 2.15. The van der Waals surface area contributed by atoms with E-state index in [9.17, 15) is 4.79 Å². The van der Waals surface area contributed by atoms with Gasteiger partial charge in [-0.25, -0.2) is 0 Å². The van der Waals surface area contributed by atoms with Crippen molar-refractivity contribution >= 4 is 17.3 Å². The first-order valence-corrected chi connectivity index (χ1v) is 11.5.